The number of hydrogen-bond acceptors (Lipinski definition) is 7. The highest BCUT2D eigenvalue weighted by atomic mass is 32.2. The van der Waals surface area contributed by atoms with E-state index < -0.39 is 28.1 Å². The number of methoxy groups -OCH3 is 1. The molecule has 1 N–H and O–H groups in total. The molecule has 0 radical (unpaired) electrons. The number of carbonyl (C=O) groups is 1. The zero-order valence-electron chi connectivity index (χ0n) is 22.4. The average molecular weight is 570 g/mol. The smallest absolute Gasteiger partial charge is 0.265 e. The summed E-state index contributed by atoms with van der Waals surface area (Å²) < 4.78 is 66.0. The summed E-state index contributed by atoms with van der Waals surface area (Å²) >= 11 is 0. The molecule has 0 bridgehead atoms. The van der Waals surface area contributed by atoms with Crippen LogP contribution in [0.25, 0.3) is 11.1 Å². The van der Waals surface area contributed by atoms with Crippen molar-refractivity contribution in [3.05, 3.63) is 100 Å². The van der Waals surface area contributed by atoms with Gasteiger partial charge in [-0.25, -0.2) is 21.9 Å². The van der Waals surface area contributed by atoms with Crippen LogP contribution in [0.15, 0.2) is 65.1 Å². The largest absolute Gasteiger partial charge is 0.496 e. The number of nitrogens with one attached hydrogen (secondary N) is 1. The van der Waals surface area contributed by atoms with E-state index in [-0.39, 0.29) is 40.3 Å². The number of halogens is 2. The van der Waals surface area contributed by atoms with Gasteiger partial charge in [0.1, 0.15) is 5.75 Å². The first-order valence-electron chi connectivity index (χ1n) is 12.5. The van der Waals surface area contributed by atoms with E-state index >= 15 is 0 Å². The molecule has 0 unspecified atom stereocenters. The Labute approximate surface area is 231 Å². The number of aromatic nitrogens is 2. The molecule has 11 heteroatoms. The van der Waals surface area contributed by atoms with Gasteiger partial charge in [-0.05, 0) is 58.5 Å². The van der Waals surface area contributed by atoms with Crippen molar-refractivity contribution in [2.45, 2.75) is 45.3 Å². The lowest BCUT2D eigenvalue weighted by atomic mass is 9.94. The number of alkyl halides is 2. The van der Waals surface area contributed by atoms with Crippen molar-refractivity contribution >= 4 is 15.9 Å². The van der Waals surface area contributed by atoms with Crippen LogP contribution in [0, 0.1) is 6.92 Å². The molecule has 0 aliphatic heterocycles. The maximum absolute atomic E-state index is 13.6. The molecule has 1 heterocycles. The molecule has 0 aliphatic carbocycles. The monoisotopic (exact) mass is 569 g/mol. The van der Waals surface area contributed by atoms with Crippen LogP contribution >= 0.6 is 0 Å². The van der Waals surface area contributed by atoms with E-state index in [0.29, 0.717) is 22.9 Å². The number of aryl methyl sites for hydroxylation is 1. The van der Waals surface area contributed by atoms with Crippen molar-refractivity contribution in [2.75, 3.05) is 7.11 Å². The third-order valence-corrected chi connectivity index (χ3v) is 7.48. The zero-order valence-corrected chi connectivity index (χ0v) is 23.3. The maximum Gasteiger partial charge on any atom is 0.265 e. The summed E-state index contributed by atoms with van der Waals surface area (Å²) in [6.07, 6.45) is -2.56. The summed E-state index contributed by atoms with van der Waals surface area (Å²) in [7, 11) is -2.72. The summed E-state index contributed by atoms with van der Waals surface area (Å²) in [5.74, 6) is -0.0980. The second kappa shape index (κ2) is 12.0. The normalized spacial score (nSPS) is 11.7. The number of rotatable bonds is 10. The Hall–Kier alpha value is -4.12. The fourth-order valence-corrected chi connectivity index (χ4v) is 5.32. The van der Waals surface area contributed by atoms with Gasteiger partial charge in [0.2, 0.25) is 21.8 Å². The predicted octanol–water partition coefficient (Wildman–Crippen LogP) is 5.97. The molecule has 0 spiro atoms. The van der Waals surface area contributed by atoms with Gasteiger partial charge in [-0.15, -0.1) is 10.2 Å². The van der Waals surface area contributed by atoms with Crippen molar-refractivity contribution in [3.8, 4) is 16.9 Å². The fraction of sp³-hybridized carbons (Fsp3) is 0.276. The maximum atomic E-state index is 13.6. The van der Waals surface area contributed by atoms with Gasteiger partial charge in [0, 0.05) is 23.6 Å². The van der Waals surface area contributed by atoms with Crippen molar-refractivity contribution in [1.82, 2.24) is 14.9 Å². The lowest BCUT2D eigenvalue weighted by Gasteiger charge is -2.16. The summed E-state index contributed by atoms with van der Waals surface area (Å²) in [5, 5.41) is 7.78. The molecule has 1 aromatic heterocycles. The van der Waals surface area contributed by atoms with Crippen LogP contribution in [-0.4, -0.2) is 31.6 Å². The molecule has 210 valence electrons. The highest BCUT2D eigenvalue weighted by molar-refractivity contribution is 7.89. The molecular formula is C29H29F2N3O5S. The number of sulfonamides is 1. The molecule has 0 saturated heterocycles. The van der Waals surface area contributed by atoms with Gasteiger partial charge in [-0.1, -0.05) is 44.2 Å². The molecule has 0 saturated carbocycles. The van der Waals surface area contributed by atoms with Gasteiger partial charge in [-0.2, -0.15) is 0 Å². The van der Waals surface area contributed by atoms with Crippen LogP contribution in [0.5, 0.6) is 5.75 Å². The third kappa shape index (κ3) is 6.90. The molecule has 0 aliphatic rings. The molecule has 0 atom stereocenters. The molecule has 3 aromatic carbocycles. The lowest BCUT2D eigenvalue weighted by molar-refractivity contribution is 0.0982. The number of carbonyl (C=O) groups excluding carboxylic acids is 1. The summed E-state index contributed by atoms with van der Waals surface area (Å²) in [5.41, 5.74) is 2.31. The molecule has 0 fully saturated rings. The van der Waals surface area contributed by atoms with Crippen molar-refractivity contribution < 1.29 is 31.1 Å². The van der Waals surface area contributed by atoms with Crippen LogP contribution in [0.2, 0.25) is 0 Å². The van der Waals surface area contributed by atoms with Crippen LogP contribution in [0.4, 0.5) is 8.78 Å². The van der Waals surface area contributed by atoms with E-state index in [1.165, 1.54) is 31.4 Å². The molecule has 40 heavy (non-hydrogen) atoms. The Kier molecular flexibility index (Phi) is 8.63. The second-order valence-electron chi connectivity index (χ2n) is 9.62. The van der Waals surface area contributed by atoms with E-state index in [1.54, 1.807) is 31.2 Å². The number of ether oxygens (including phenoxy) is 1. The van der Waals surface area contributed by atoms with Gasteiger partial charge in [0.25, 0.3) is 12.3 Å². The summed E-state index contributed by atoms with van der Waals surface area (Å²) in [4.78, 5) is 13.4. The topological polar surface area (TPSA) is 111 Å². The SMILES string of the molecule is COc1ccc(C(F)F)cc1-c1cc(Cc2nnc(C)o2)ccc1C(=O)NS(=O)(=O)Cc1ccc(C(C)C)cc1. The van der Waals surface area contributed by atoms with Gasteiger partial charge in [-0.3, -0.25) is 4.79 Å². The predicted molar refractivity (Wildman–Crippen MR) is 146 cm³/mol. The highest BCUT2D eigenvalue weighted by Crippen LogP contribution is 2.36. The van der Waals surface area contributed by atoms with Gasteiger partial charge < -0.3 is 9.15 Å². The Morgan fingerprint density at radius 3 is 2.23 bits per heavy atom. The molecule has 8 nitrogen and oxygen atoms in total. The van der Waals surface area contributed by atoms with Gasteiger partial charge in [0.15, 0.2) is 0 Å². The van der Waals surface area contributed by atoms with E-state index in [2.05, 4.69) is 14.9 Å². The summed E-state index contributed by atoms with van der Waals surface area (Å²) in [6, 6.07) is 15.6. The van der Waals surface area contributed by atoms with Crippen molar-refractivity contribution in [2.24, 2.45) is 0 Å². The number of nitrogens with zero attached hydrogens (tertiary/aromatic N) is 2. The van der Waals surface area contributed by atoms with Crippen molar-refractivity contribution in [3.63, 3.8) is 0 Å². The Balaban J connectivity index is 1.71. The number of amides is 1. The quantitative estimate of drug-likeness (QED) is 0.251. The molecule has 4 aromatic rings. The van der Waals surface area contributed by atoms with Crippen LogP contribution in [0.3, 0.4) is 0 Å². The van der Waals surface area contributed by atoms with Gasteiger partial charge in [0.05, 0.1) is 19.3 Å². The molecule has 4 rings (SSSR count). The first-order chi connectivity index (χ1) is 19.0. The minimum atomic E-state index is -4.09. The van der Waals surface area contributed by atoms with E-state index in [1.807, 2.05) is 26.0 Å². The Bertz CT molecular complexity index is 1620. The van der Waals surface area contributed by atoms with E-state index in [9.17, 15) is 22.0 Å². The first-order valence-corrected chi connectivity index (χ1v) is 14.1. The molecular weight excluding hydrogens is 540 g/mol. The minimum absolute atomic E-state index is 0.0334. The first kappa shape index (κ1) is 28.9. The van der Waals surface area contributed by atoms with E-state index in [4.69, 9.17) is 9.15 Å². The summed E-state index contributed by atoms with van der Waals surface area (Å²) in [6.45, 7) is 5.71. The standard InChI is InChI=1S/C29H29F2N3O5S/c1-17(2)21-8-5-19(6-9-21)16-40(36,37)34-29(35)23-11-7-20(14-27-33-32-18(3)39-27)13-24(23)25-15-22(28(30)31)10-12-26(25)38-4/h5-13,15,17,28H,14,16H2,1-4H3,(H,34,35). The van der Waals surface area contributed by atoms with E-state index in [0.717, 1.165) is 5.56 Å². The fourth-order valence-electron chi connectivity index (χ4n) is 4.23. The minimum Gasteiger partial charge on any atom is -0.496 e. The zero-order chi connectivity index (χ0) is 29.0. The Morgan fingerprint density at radius 2 is 1.62 bits per heavy atom. The second-order valence-corrected chi connectivity index (χ2v) is 11.3. The highest BCUT2D eigenvalue weighted by Gasteiger charge is 2.23. The van der Waals surface area contributed by atoms with Crippen molar-refractivity contribution in [1.29, 1.82) is 0 Å². The van der Waals surface area contributed by atoms with Crippen LogP contribution < -0.4 is 9.46 Å². The number of hydrogen-bond donors (Lipinski definition) is 1. The lowest BCUT2D eigenvalue weighted by Crippen LogP contribution is -2.32. The average Bonchev–Trinajstić information content (AvgIpc) is 3.32. The van der Waals surface area contributed by atoms with Crippen LogP contribution in [-0.2, 0) is 22.2 Å². The Morgan fingerprint density at radius 1 is 0.950 bits per heavy atom. The van der Waals surface area contributed by atoms with Crippen LogP contribution in [0.1, 0.15) is 70.6 Å². The molecule has 1 amide bonds. The number of benzene rings is 3. The third-order valence-electron chi connectivity index (χ3n) is 6.27. The van der Waals surface area contributed by atoms with Gasteiger partial charge >= 0.3 is 0 Å².